The summed E-state index contributed by atoms with van der Waals surface area (Å²) in [5.41, 5.74) is 2.43. The van der Waals surface area contributed by atoms with E-state index in [4.69, 9.17) is 9.97 Å². The summed E-state index contributed by atoms with van der Waals surface area (Å²) in [5.74, 6) is 3.16. The fraction of sp³-hybridized carbons (Fsp3) is 0.481. The second kappa shape index (κ2) is 10.8. The van der Waals surface area contributed by atoms with Gasteiger partial charge >= 0.3 is 0 Å². The van der Waals surface area contributed by atoms with Gasteiger partial charge in [-0.05, 0) is 74.7 Å². The molecule has 170 valence electrons. The quantitative estimate of drug-likeness (QED) is 0.492. The molecule has 1 fully saturated rings. The molecule has 0 spiro atoms. The predicted octanol–water partition coefficient (Wildman–Crippen LogP) is 5.13. The number of para-hydroxylation sites is 1. The first-order valence-corrected chi connectivity index (χ1v) is 12.0. The Kier molecular flexibility index (Phi) is 7.59. The van der Waals surface area contributed by atoms with Gasteiger partial charge in [-0.15, -0.1) is 0 Å². The molecule has 1 atom stereocenters. The Morgan fingerprint density at radius 1 is 0.938 bits per heavy atom. The van der Waals surface area contributed by atoms with E-state index in [0.29, 0.717) is 12.0 Å². The lowest BCUT2D eigenvalue weighted by molar-refractivity contribution is 0.318. The maximum atomic E-state index is 4.81. The summed E-state index contributed by atoms with van der Waals surface area (Å²) in [7, 11) is 4.08. The van der Waals surface area contributed by atoms with Gasteiger partial charge in [0.1, 0.15) is 5.82 Å². The van der Waals surface area contributed by atoms with Crippen LogP contribution in [0.15, 0.2) is 54.6 Å². The van der Waals surface area contributed by atoms with E-state index in [9.17, 15) is 0 Å². The van der Waals surface area contributed by atoms with Gasteiger partial charge in [0.2, 0.25) is 5.95 Å². The van der Waals surface area contributed by atoms with Gasteiger partial charge in [-0.1, -0.05) is 49.4 Å². The molecule has 1 saturated carbocycles. The molecule has 0 radical (unpaired) electrons. The van der Waals surface area contributed by atoms with Crippen molar-refractivity contribution in [1.82, 2.24) is 15.3 Å². The van der Waals surface area contributed by atoms with E-state index in [2.05, 4.69) is 64.9 Å². The normalized spacial score (nSPS) is 19.6. The molecule has 1 unspecified atom stereocenters. The van der Waals surface area contributed by atoms with E-state index < -0.39 is 0 Å². The van der Waals surface area contributed by atoms with Gasteiger partial charge in [0.25, 0.3) is 0 Å². The third kappa shape index (κ3) is 5.98. The van der Waals surface area contributed by atoms with Gasteiger partial charge in [0.15, 0.2) is 0 Å². The SMILES string of the molecule is CC(CNCC1CCC(Nc2nc(N(C)C)c3ccccc3n2)CC1)Cc1ccccc1. The summed E-state index contributed by atoms with van der Waals surface area (Å²) in [5, 5.41) is 8.45. The Bertz CT molecular complexity index is 980. The van der Waals surface area contributed by atoms with Gasteiger partial charge in [-0.25, -0.2) is 4.98 Å². The number of anilines is 2. The lowest BCUT2D eigenvalue weighted by Crippen LogP contribution is -2.33. The minimum atomic E-state index is 0.458. The van der Waals surface area contributed by atoms with Crippen molar-refractivity contribution in [2.75, 3.05) is 37.4 Å². The average molecular weight is 432 g/mol. The zero-order valence-corrected chi connectivity index (χ0v) is 19.7. The monoisotopic (exact) mass is 431 g/mol. The van der Waals surface area contributed by atoms with Crippen molar-refractivity contribution in [3.63, 3.8) is 0 Å². The van der Waals surface area contributed by atoms with Crippen molar-refractivity contribution in [3.05, 3.63) is 60.2 Å². The Labute approximate surface area is 192 Å². The fourth-order valence-electron chi connectivity index (χ4n) is 4.78. The second-order valence-electron chi connectivity index (χ2n) is 9.60. The van der Waals surface area contributed by atoms with Crippen LogP contribution in [0.5, 0.6) is 0 Å². The standard InChI is InChI=1S/C27H37N5/c1-20(17-21-9-5-4-6-10-21)18-28-19-22-13-15-23(16-14-22)29-27-30-25-12-8-7-11-24(25)26(31-27)32(2)3/h4-12,20,22-23,28H,13-19H2,1-3H3,(H,29,30,31). The second-order valence-corrected chi connectivity index (χ2v) is 9.60. The summed E-state index contributed by atoms with van der Waals surface area (Å²) in [6, 6.07) is 19.5. The third-order valence-electron chi connectivity index (χ3n) is 6.54. The van der Waals surface area contributed by atoms with Crippen LogP contribution in [0.25, 0.3) is 10.9 Å². The molecule has 2 N–H and O–H groups in total. The summed E-state index contributed by atoms with van der Waals surface area (Å²) in [6.07, 6.45) is 6.02. The van der Waals surface area contributed by atoms with E-state index in [1.807, 2.05) is 26.2 Å². The average Bonchev–Trinajstić information content (AvgIpc) is 2.80. The fourth-order valence-corrected chi connectivity index (χ4v) is 4.78. The Balaban J connectivity index is 1.23. The Morgan fingerprint density at radius 2 is 1.66 bits per heavy atom. The number of hydrogen-bond donors (Lipinski definition) is 2. The molecular formula is C27H37N5. The molecule has 0 bridgehead atoms. The summed E-state index contributed by atoms with van der Waals surface area (Å²) in [6.45, 7) is 4.56. The van der Waals surface area contributed by atoms with Gasteiger partial charge in [0.05, 0.1) is 5.52 Å². The molecule has 4 rings (SSSR count). The number of nitrogens with zero attached hydrogens (tertiary/aromatic N) is 3. The van der Waals surface area contributed by atoms with Crippen LogP contribution in [0.3, 0.4) is 0 Å². The van der Waals surface area contributed by atoms with Crippen molar-refractivity contribution >= 4 is 22.7 Å². The highest BCUT2D eigenvalue weighted by Gasteiger charge is 2.22. The van der Waals surface area contributed by atoms with E-state index in [1.165, 1.54) is 31.2 Å². The Morgan fingerprint density at radius 3 is 2.41 bits per heavy atom. The van der Waals surface area contributed by atoms with Crippen LogP contribution in [-0.2, 0) is 6.42 Å². The van der Waals surface area contributed by atoms with Crippen molar-refractivity contribution in [2.45, 2.75) is 45.1 Å². The molecule has 5 heteroatoms. The van der Waals surface area contributed by atoms with Gasteiger partial charge in [0, 0.05) is 25.5 Å². The summed E-state index contributed by atoms with van der Waals surface area (Å²) < 4.78 is 0. The van der Waals surface area contributed by atoms with Crippen LogP contribution in [-0.4, -0.2) is 43.2 Å². The van der Waals surface area contributed by atoms with Crippen LogP contribution in [0.2, 0.25) is 0 Å². The number of fused-ring (bicyclic) bond motifs is 1. The molecule has 0 aliphatic heterocycles. The highest BCUT2D eigenvalue weighted by Crippen LogP contribution is 2.28. The first-order valence-electron chi connectivity index (χ1n) is 12.0. The number of rotatable bonds is 9. The molecule has 0 saturated heterocycles. The van der Waals surface area contributed by atoms with E-state index >= 15 is 0 Å². The smallest absolute Gasteiger partial charge is 0.225 e. The number of hydrogen-bond acceptors (Lipinski definition) is 5. The largest absolute Gasteiger partial charge is 0.362 e. The highest BCUT2D eigenvalue weighted by atomic mass is 15.2. The number of nitrogens with one attached hydrogen (secondary N) is 2. The van der Waals surface area contributed by atoms with Crippen molar-refractivity contribution in [3.8, 4) is 0 Å². The molecule has 5 nitrogen and oxygen atoms in total. The van der Waals surface area contributed by atoms with Crippen LogP contribution < -0.4 is 15.5 Å². The highest BCUT2D eigenvalue weighted by molar-refractivity contribution is 5.90. The summed E-state index contributed by atoms with van der Waals surface area (Å²) in [4.78, 5) is 11.6. The first kappa shape index (κ1) is 22.5. The van der Waals surface area contributed by atoms with E-state index in [-0.39, 0.29) is 0 Å². The molecule has 1 aliphatic rings. The van der Waals surface area contributed by atoms with Crippen molar-refractivity contribution < 1.29 is 0 Å². The number of aromatic nitrogens is 2. The van der Waals surface area contributed by atoms with Crippen LogP contribution in [0.4, 0.5) is 11.8 Å². The van der Waals surface area contributed by atoms with Crippen LogP contribution in [0, 0.1) is 11.8 Å². The maximum Gasteiger partial charge on any atom is 0.225 e. The van der Waals surface area contributed by atoms with Crippen LogP contribution >= 0.6 is 0 Å². The van der Waals surface area contributed by atoms with Gasteiger partial charge in [-0.3, -0.25) is 0 Å². The van der Waals surface area contributed by atoms with Gasteiger partial charge in [-0.2, -0.15) is 4.98 Å². The minimum Gasteiger partial charge on any atom is -0.362 e. The Hall–Kier alpha value is -2.66. The third-order valence-corrected chi connectivity index (χ3v) is 6.54. The molecule has 1 aliphatic carbocycles. The molecule has 0 amide bonds. The molecule has 1 heterocycles. The molecule has 3 aromatic rings. The molecule has 1 aromatic heterocycles. The number of benzene rings is 2. The van der Waals surface area contributed by atoms with E-state index in [1.54, 1.807) is 0 Å². The lowest BCUT2D eigenvalue weighted by Gasteiger charge is -2.30. The molecule has 2 aromatic carbocycles. The first-order chi connectivity index (χ1) is 15.6. The zero-order chi connectivity index (χ0) is 22.3. The van der Waals surface area contributed by atoms with Crippen molar-refractivity contribution in [2.24, 2.45) is 11.8 Å². The predicted molar refractivity (Wildman–Crippen MR) is 135 cm³/mol. The molecular weight excluding hydrogens is 394 g/mol. The van der Waals surface area contributed by atoms with E-state index in [0.717, 1.165) is 48.1 Å². The van der Waals surface area contributed by atoms with Crippen molar-refractivity contribution in [1.29, 1.82) is 0 Å². The summed E-state index contributed by atoms with van der Waals surface area (Å²) >= 11 is 0. The topological polar surface area (TPSA) is 53.1 Å². The zero-order valence-electron chi connectivity index (χ0n) is 19.7. The maximum absolute atomic E-state index is 4.81. The minimum absolute atomic E-state index is 0.458. The van der Waals surface area contributed by atoms with Gasteiger partial charge < -0.3 is 15.5 Å². The van der Waals surface area contributed by atoms with Crippen LogP contribution in [0.1, 0.15) is 38.2 Å². The molecule has 32 heavy (non-hydrogen) atoms. The lowest BCUT2D eigenvalue weighted by atomic mass is 9.86.